The zero-order valence-corrected chi connectivity index (χ0v) is 22.1. The summed E-state index contributed by atoms with van der Waals surface area (Å²) in [5.74, 6) is -0.982. The fourth-order valence-electron chi connectivity index (χ4n) is 5.49. The first-order chi connectivity index (χ1) is 19.3. The SMILES string of the molecule is CC(=O)N[C@@H]1[C@H](N)CN(c2ccncc2Nc2ncc3ccc(-c4c(F)cc(C5COC5)cc4F)nn23)C[C@@H]1C. The number of ether oxygens (including phenoxy) is 1. The second kappa shape index (κ2) is 10.4. The Bertz CT molecular complexity index is 1540. The van der Waals surface area contributed by atoms with Crippen LogP contribution >= 0.6 is 0 Å². The van der Waals surface area contributed by atoms with Crippen molar-refractivity contribution in [3.05, 3.63) is 66.1 Å². The highest BCUT2D eigenvalue weighted by atomic mass is 19.1. The smallest absolute Gasteiger partial charge is 0.229 e. The highest BCUT2D eigenvalue weighted by Crippen LogP contribution is 2.33. The van der Waals surface area contributed by atoms with Crippen LogP contribution in [0.25, 0.3) is 16.8 Å². The molecule has 6 rings (SSSR count). The second-order valence-electron chi connectivity index (χ2n) is 10.5. The normalized spacial score (nSPS) is 21.3. The van der Waals surface area contributed by atoms with Crippen molar-refractivity contribution in [3.8, 4) is 11.3 Å². The molecule has 0 bridgehead atoms. The summed E-state index contributed by atoms with van der Waals surface area (Å²) in [7, 11) is 0. The number of hydrogen-bond donors (Lipinski definition) is 3. The molecule has 0 aliphatic carbocycles. The first kappa shape index (κ1) is 26.1. The number of nitrogens with one attached hydrogen (secondary N) is 2. The van der Waals surface area contributed by atoms with Gasteiger partial charge in [0.25, 0.3) is 0 Å². The molecule has 1 amide bonds. The van der Waals surface area contributed by atoms with Gasteiger partial charge in [-0.3, -0.25) is 9.78 Å². The van der Waals surface area contributed by atoms with Crippen LogP contribution in [-0.4, -0.2) is 63.9 Å². The predicted molar refractivity (Wildman–Crippen MR) is 146 cm³/mol. The number of nitrogens with two attached hydrogens (primary N) is 1. The number of aromatic nitrogens is 4. The standard InChI is InChI=1S/C28H30F2N8O2/c1-15-11-37(12-22(31)27(15)34-16(2)39)25-5-6-32-10-24(25)35-28-33-9-19-3-4-23(36-38(19)28)26-20(29)7-17(8-21(26)30)18-13-40-14-18/h3-10,15,18,22,27H,11-14,31H2,1-2H3,(H,33,35)(H,34,39)/t15-,22+,27-/m0/s1. The van der Waals surface area contributed by atoms with Gasteiger partial charge in [0, 0.05) is 44.2 Å². The fourth-order valence-corrected chi connectivity index (χ4v) is 5.49. The molecule has 0 unspecified atom stereocenters. The van der Waals surface area contributed by atoms with Crippen molar-refractivity contribution in [2.24, 2.45) is 11.7 Å². The van der Waals surface area contributed by atoms with E-state index in [4.69, 9.17) is 10.5 Å². The number of benzene rings is 1. The Labute approximate surface area is 229 Å². The Balaban J connectivity index is 1.29. The molecule has 2 aliphatic rings. The van der Waals surface area contributed by atoms with Gasteiger partial charge in [-0.1, -0.05) is 6.92 Å². The molecular weight excluding hydrogens is 518 g/mol. The number of pyridine rings is 1. The molecule has 2 saturated heterocycles. The molecule has 2 fully saturated rings. The minimum atomic E-state index is -0.675. The quantitative estimate of drug-likeness (QED) is 0.336. The number of hydrogen-bond acceptors (Lipinski definition) is 8. The summed E-state index contributed by atoms with van der Waals surface area (Å²) >= 11 is 0. The van der Waals surface area contributed by atoms with E-state index in [1.165, 1.54) is 23.6 Å². The van der Waals surface area contributed by atoms with Crippen LogP contribution in [0.15, 0.2) is 48.9 Å². The van der Waals surface area contributed by atoms with Crippen LogP contribution < -0.4 is 21.3 Å². The third-order valence-electron chi connectivity index (χ3n) is 7.58. The number of piperidine rings is 1. The number of amides is 1. The van der Waals surface area contributed by atoms with E-state index in [9.17, 15) is 4.79 Å². The monoisotopic (exact) mass is 548 g/mol. The van der Waals surface area contributed by atoms with E-state index in [2.05, 4.69) is 37.5 Å². The number of anilines is 3. The summed E-state index contributed by atoms with van der Waals surface area (Å²) in [6.45, 7) is 5.67. The summed E-state index contributed by atoms with van der Waals surface area (Å²) in [5, 5.41) is 10.8. The van der Waals surface area contributed by atoms with Gasteiger partial charge >= 0.3 is 0 Å². The third kappa shape index (κ3) is 4.84. The number of carbonyl (C=O) groups excluding carboxylic acids is 1. The zero-order valence-electron chi connectivity index (χ0n) is 22.1. The molecule has 0 spiro atoms. The highest BCUT2D eigenvalue weighted by molar-refractivity contribution is 5.75. The van der Waals surface area contributed by atoms with E-state index >= 15 is 8.78 Å². The molecule has 208 valence electrons. The summed E-state index contributed by atoms with van der Waals surface area (Å²) in [6, 6.07) is 7.49. The number of rotatable bonds is 6. The first-order valence-corrected chi connectivity index (χ1v) is 13.2. The van der Waals surface area contributed by atoms with Crippen LogP contribution in [0.5, 0.6) is 0 Å². The third-order valence-corrected chi connectivity index (χ3v) is 7.58. The van der Waals surface area contributed by atoms with Crippen molar-refractivity contribution in [3.63, 3.8) is 0 Å². The van der Waals surface area contributed by atoms with Crippen molar-refractivity contribution < 1.29 is 18.3 Å². The molecule has 3 aromatic heterocycles. The van der Waals surface area contributed by atoms with Gasteiger partial charge in [0.05, 0.1) is 53.8 Å². The van der Waals surface area contributed by atoms with Gasteiger partial charge in [-0.2, -0.15) is 9.61 Å². The number of fused-ring (bicyclic) bond motifs is 1. The predicted octanol–water partition coefficient (Wildman–Crippen LogP) is 3.22. The lowest BCUT2D eigenvalue weighted by Crippen LogP contribution is -2.61. The summed E-state index contributed by atoms with van der Waals surface area (Å²) in [6.07, 6.45) is 5.00. The molecular formula is C28H30F2N8O2. The lowest BCUT2D eigenvalue weighted by Gasteiger charge is -2.42. The van der Waals surface area contributed by atoms with Gasteiger partial charge in [-0.05, 0) is 41.8 Å². The Morgan fingerprint density at radius 2 is 1.90 bits per heavy atom. The van der Waals surface area contributed by atoms with Crippen molar-refractivity contribution in [1.82, 2.24) is 24.9 Å². The van der Waals surface area contributed by atoms with Crippen LogP contribution in [-0.2, 0) is 9.53 Å². The van der Waals surface area contributed by atoms with Gasteiger partial charge in [0.2, 0.25) is 11.9 Å². The van der Waals surface area contributed by atoms with Gasteiger partial charge in [-0.15, -0.1) is 0 Å². The van der Waals surface area contributed by atoms with E-state index in [0.717, 1.165) is 5.69 Å². The topological polar surface area (TPSA) is 123 Å². The average molecular weight is 549 g/mol. The van der Waals surface area contributed by atoms with Gasteiger partial charge in [0.15, 0.2) is 0 Å². The Morgan fingerprint density at radius 3 is 2.58 bits per heavy atom. The average Bonchev–Trinajstić information content (AvgIpc) is 3.27. The van der Waals surface area contributed by atoms with Gasteiger partial charge in [0.1, 0.15) is 11.6 Å². The Kier molecular flexibility index (Phi) is 6.80. The Morgan fingerprint density at radius 1 is 1.12 bits per heavy atom. The van der Waals surface area contributed by atoms with Gasteiger partial charge < -0.3 is 26.0 Å². The van der Waals surface area contributed by atoms with Crippen LogP contribution in [0.3, 0.4) is 0 Å². The van der Waals surface area contributed by atoms with Crippen molar-refractivity contribution in [2.75, 3.05) is 36.5 Å². The molecule has 40 heavy (non-hydrogen) atoms. The number of nitrogens with zero attached hydrogens (tertiary/aromatic N) is 5. The van der Waals surface area contributed by atoms with Crippen LogP contribution in [0.1, 0.15) is 25.3 Å². The number of imidazole rings is 1. The maximum Gasteiger partial charge on any atom is 0.229 e. The number of halogens is 2. The van der Waals surface area contributed by atoms with E-state index in [1.54, 1.807) is 30.7 Å². The van der Waals surface area contributed by atoms with E-state index in [-0.39, 0.29) is 41.1 Å². The summed E-state index contributed by atoms with van der Waals surface area (Å²) in [4.78, 5) is 22.5. The minimum Gasteiger partial charge on any atom is -0.380 e. The van der Waals surface area contributed by atoms with Crippen LogP contribution in [0, 0.1) is 17.6 Å². The van der Waals surface area contributed by atoms with E-state index < -0.39 is 11.6 Å². The minimum absolute atomic E-state index is 0.000319. The van der Waals surface area contributed by atoms with Crippen molar-refractivity contribution in [2.45, 2.75) is 31.8 Å². The van der Waals surface area contributed by atoms with Gasteiger partial charge in [-0.25, -0.2) is 13.8 Å². The molecule has 0 saturated carbocycles. The maximum atomic E-state index is 15.1. The van der Waals surface area contributed by atoms with Crippen LogP contribution in [0.4, 0.5) is 26.1 Å². The molecule has 4 aromatic rings. The molecule has 2 aliphatic heterocycles. The van der Waals surface area contributed by atoms with Crippen molar-refractivity contribution in [1.29, 1.82) is 0 Å². The molecule has 1 aromatic carbocycles. The lowest BCUT2D eigenvalue weighted by atomic mass is 9.89. The zero-order chi connectivity index (χ0) is 28.0. The molecule has 12 heteroatoms. The molecule has 5 heterocycles. The number of carbonyl (C=O) groups is 1. The highest BCUT2D eigenvalue weighted by Gasteiger charge is 2.34. The summed E-state index contributed by atoms with van der Waals surface area (Å²) < 4.78 is 36.9. The molecule has 10 nitrogen and oxygen atoms in total. The van der Waals surface area contributed by atoms with Crippen LogP contribution in [0.2, 0.25) is 0 Å². The molecule has 3 atom stereocenters. The summed E-state index contributed by atoms with van der Waals surface area (Å²) in [5.41, 5.74) is 9.16. The molecule has 4 N–H and O–H groups in total. The lowest BCUT2D eigenvalue weighted by molar-refractivity contribution is -0.120. The van der Waals surface area contributed by atoms with E-state index in [1.807, 2.05) is 6.07 Å². The van der Waals surface area contributed by atoms with E-state index in [0.29, 0.717) is 49.0 Å². The fraction of sp³-hybridized carbons (Fsp3) is 0.357. The first-order valence-electron chi connectivity index (χ1n) is 13.2. The molecule has 0 radical (unpaired) electrons. The second-order valence-corrected chi connectivity index (χ2v) is 10.5. The largest absolute Gasteiger partial charge is 0.380 e. The van der Waals surface area contributed by atoms with Crippen molar-refractivity contribution >= 4 is 28.7 Å². The maximum absolute atomic E-state index is 15.1. The Hall–Kier alpha value is -4.16.